The number of carboxylic acid groups (broad SMARTS) is 1. The first-order valence-electron chi connectivity index (χ1n) is 9.32. The van der Waals surface area contributed by atoms with Gasteiger partial charge in [0.25, 0.3) is 0 Å². The molecule has 2 atom stereocenters. The Balaban J connectivity index is 1.74. The third-order valence-corrected chi connectivity index (χ3v) is 6.10. The number of carbonyl (C=O) groups is 1. The first kappa shape index (κ1) is 16.2. The van der Waals surface area contributed by atoms with Crippen molar-refractivity contribution in [2.45, 2.75) is 56.5 Å². The van der Waals surface area contributed by atoms with Crippen LogP contribution in [0.4, 0.5) is 5.69 Å². The average Bonchev–Trinajstić information content (AvgIpc) is 2.92. The highest BCUT2D eigenvalue weighted by atomic mass is 16.4. The van der Waals surface area contributed by atoms with Crippen LogP contribution < -0.4 is 4.90 Å². The fraction of sp³-hybridized carbons (Fsp3) is 0.409. The van der Waals surface area contributed by atoms with Crippen molar-refractivity contribution in [3.63, 3.8) is 0 Å². The van der Waals surface area contributed by atoms with Gasteiger partial charge in [0.2, 0.25) is 0 Å². The summed E-state index contributed by atoms with van der Waals surface area (Å²) in [5.41, 5.74) is 4.00. The maximum Gasteiger partial charge on any atom is 0.303 e. The zero-order valence-corrected chi connectivity index (χ0v) is 14.5. The van der Waals surface area contributed by atoms with Crippen LogP contribution >= 0.6 is 0 Å². The summed E-state index contributed by atoms with van der Waals surface area (Å²) in [6.45, 7) is 0.900. The number of hydrogen-bond acceptors (Lipinski definition) is 2. The monoisotopic (exact) mass is 335 g/mol. The topological polar surface area (TPSA) is 40.5 Å². The lowest BCUT2D eigenvalue weighted by Crippen LogP contribution is -2.47. The Hall–Kier alpha value is -2.29. The Kier molecular flexibility index (Phi) is 4.24. The van der Waals surface area contributed by atoms with Crippen molar-refractivity contribution < 1.29 is 9.90 Å². The van der Waals surface area contributed by atoms with E-state index in [4.69, 9.17) is 0 Å². The van der Waals surface area contributed by atoms with E-state index >= 15 is 0 Å². The highest BCUT2D eigenvalue weighted by Crippen LogP contribution is 2.54. The minimum absolute atomic E-state index is 0.00200. The van der Waals surface area contributed by atoms with E-state index in [1.807, 2.05) is 0 Å². The molecular weight excluding hydrogens is 310 g/mol. The summed E-state index contributed by atoms with van der Waals surface area (Å²) in [5, 5.41) is 9.30. The third kappa shape index (κ3) is 2.82. The maximum atomic E-state index is 11.3. The lowest BCUT2D eigenvalue weighted by molar-refractivity contribution is -0.137. The van der Waals surface area contributed by atoms with E-state index < -0.39 is 5.97 Å². The minimum Gasteiger partial charge on any atom is -0.481 e. The van der Waals surface area contributed by atoms with Gasteiger partial charge in [-0.15, -0.1) is 0 Å². The second-order valence-electron chi connectivity index (χ2n) is 7.44. The van der Waals surface area contributed by atoms with Crippen LogP contribution in [0.1, 0.15) is 49.7 Å². The second kappa shape index (κ2) is 6.55. The van der Waals surface area contributed by atoms with Crippen LogP contribution in [0.5, 0.6) is 0 Å². The molecule has 2 aromatic rings. The number of carboxylic acids is 1. The summed E-state index contributed by atoms with van der Waals surface area (Å²) in [4.78, 5) is 13.8. The van der Waals surface area contributed by atoms with Crippen molar-refractivity contribution >= 4 is 11.7 Å². The standard InChI is InChI=1S/C22H25NO2/c24-21(25)13-15-22-14-7-6-12-20(22)23(16-17-8-2-1-3-9-17)19-11-5-4-10-18(19)22/h1-5,8-11,20H,6-7,12-16H2,(H,24,25)/t20-,22+/m1/s1. The molecule has 0 amide bonds. The molecule has 0 unspecified atom stereocenters. The van der Waals surface area contributed by atoms with Gasteiger partial charge in [-0.3, -0.25) is 4.79 Å². The molecule has 0 bridgehead atoms. The molecule has 1 fully saturated rings. The van der Waals surface area contributed by atoms with Crippen LogP contribution in [0.15, 0.2) is 54.6 Å². The van der Waals surface area contributed by atoms with E-state index in [-0.39, 0.29) is 11.8 Å². The molecular formula is C22H25NO2. The van der Waals surface area contributed by atoms with Crippen molar-refractivity contribution in [3.05, 3.63) is 65.7 Å². The summed E-state index contributed by atoms with van der Waals surface area (Å²) in [7, 11) is 0. The normalized spacial score (nSPS) is 24.6. The highest BCUT2D eigenvalue weighted by Gasteiger charge is 2.51. The Morgan fingerprint density at radius 1 is 1.08 bits per heavy atom. The summed E-state index contributed by atoms with van der Waals surface area (Å²) >= 11 is 0. The van der Waals surface area contributed by atoms with Gasteiger partial charge in [-0.05, 0) is 36.5 Å². The van der Waals surface area contributed by atoms with Gasteiger partial charge in [0.05, 0.1) is 0 Å². The molecule has 1 aliphatic carbocycles. The van der Waals surface area contributed by atoms with Gasteiger partial charge < -0.3 is 10.0 Å². The largest absolute Gasteiger partial charge is 0.481 e. The van der Waals surface area contributed by atoms with Gasteiger partial charge in [0.1, 0.15) is 0 Å². The van der Waals surface area contributed by atoms with E-state index in [9.17, 15) is 9.90 Å². The third-order valence-electron chi connectivity index (χ3n) is 6.10. The molecule has 0 radical (unpaired) electrons. The van der Waals surface area contributed by atoms with Crippen molar-refractivity contribution in [1.82, 2.24) is 0 Å². The van der Waals surface area contributed by atoms with E-state index in [0.29, 0.717) is 6.04 Å². The number of benzene rings is 2. The molecule has 0 spiro atoms. The van der Waals surface area contributed by atoms with E-state index in [0.717, 1.165) is 25.8 Å². The number of nitrogens with zero attached hydrogens (tertiary/aromatic N) is 1. The summed E-state index contributed by atoms with van der Waals surface area (Å²) in [6.07, 6.45) is 5.69. The number of aliphatic carboxylic acids is 1. The minimum atomic E-state index is -0.683. The molecule has 4 rings (SSSR count). The van der Waals surface area contributed by atoms with Gasteiger partial charge in [-0.25, -0.2) is 0 Å². The van der Waals surface area contributed by atoms with Crippen molar-refractivity contribution in [2.75, 3.05) is 4.90 Å². The zero-order chi connectivity index (χ0) is 17.3. The van der Waals surface area contributed by atoms with Crippen LogP contribution in [0.2, 0.25) is 0 Å². The summed E-state index contributed by atoms with van der Waals surface area (Å²) in [6, 6.07) is 19.7. The molecule has 1 heterocycles. The number of anilines is 1. The number of rotatable bonds is 5. The van der Waals surface area contributed by atoms with Gasteiger partial charge in [0, 0.05) is 30.1 Å². The molecule has 1 N–H and O–H groups in total. The number of para-hydroxylation sites is 1. The summed E-state index contributed by atoms with van der Waals surface area (Å²) in [5.74, 6) is -0.683. The first-order chi connectivity index (χ1) is 12.2. The quantitative estimate of drug-likeness (QED) is 0.857. The van der Waals surface area contributed by atoms with Crippen molar-refractivity contribution in [3.8, 4) is 0 Å². The van der Waals surface area contributed by atoms with E-state index in [1.54, 1.807) is 0 Å². The fourth-order valence-corrected chi connectivity index (χ4v) is 5.03. The molecule has 1 saturated carbocycles. The molecule has 130 valence electrons. The Bertz CT molecular complexity index is 758. The average molecular weight is 335 g/mol. The van der Waals surface area contributed by atoms with Crippen LogP contribution in [-0.4, -0.2) is 17.1 Å². The number of fused-ring (bicyclic) bond motifs is 3. The van der Waals surface area contributed by atoms with Gasteiger partial charge >= 0.3 is 5.97 Å². The maximum absolute atomic E-state index is 11.3. The van der Waals surface area contributed by atoms with Crippen LogP contribution in [-0.2, 0) is 16.8 Å². The van der Waals surface area contributed by atoms with Crippen LogP contribution in [0.25, 0.3) is 0 Å². The van der Waals surface area contributed by atoms with Gasteiger partial charge in [0.15, 0.2) is 0 Å². The second-order valence-corrected chi connectivity index (χ2v) is 7.44. The highest BCUT2D eigenvalue weighted by molar-refractivity contribution is 5.69. The van der Waals surface area contributed by atoms with Crippen LogP contribution in [0, 0.1) is 0 Å². The zero-order valence-electron chi connectivity index (χ0n) is 14.5. The fourth-order valence-electron chi connectivity index (χ4n) is 5.03. The molecule has 1 aliphatic heterocycles. The lowest BCUT2D eigenvalue weighted by Gasteiger charge is -2.43. The molecule has 2 aliphatic rings. The van der Waals surface area contributed by atoms with E-state index in [2.05, 4.69) is 59.5 Å². The van der Waals surface area contributed by atoms with Crippen molar-refractivity contribution in [1.29, 1.82) is 0 Å². The molecule has 3 heteroatoms. The van der Waals surface area contributed by atoms with Gasteiger partial charge in [-0.1, -0.05) is 61.4 Å². The Morgan fingerprint density at radius 2 is 1.84 bits per heavy atom. The van der Waals surface area contributed by atoms with Crippen LogP contribution in [0.3, 0.4) is 0 Å². The molecule has 0 aromatic heterocycles. The van der Waals surface area contributed by atoms with Gasteiger partial charge in [-0.2, -0.15) is 0 Å². The predicted octanol–water partition coefficient (Wildman–Crippen LogP) is 4.75. The molecule has 3 nitrogen and oxygen atoms in total. The molecule has 25 heavy (non-hydrogen) atoms. The van der Waals surface area contributed by atoms with Crippen molar-refractivity contribution in [2.24, 2.45) is 0 Å². The Morgan fingerprint density at radius 3 is 2.64 bits per heavy atom. The predicted molar refractivity (Wildman–Crippen MR) is 99.9 cm³/mol. The summed E-state index contributed by atoms with van der Waals surface area (Å²) < 4.78 is 0. The molecule has 2 aromatic carbocycles. The van der Waals surface area contributed by atoms with E-state index in [1.165, 1.54) is 29.7 Å². The SMILES string of the molecule is O=C(O)CC[C@]12CCCC[C@H]1N(Cc1ccccc1)c1ccccc12. The smallest absolute Gasteiger partial charge is 0.303 e. The number of hydrogen-bond donors (Lipinski definition) is 1. The Labute approximate surface area is 149 Å². The lowest BCUT2D eigenvalue weighted by atomic mass is 9.65. The molecule has 0 saturated heterocycles. The first-order valence-corrected chi connectivity index (χ1v) is 9.32.